The fraction of sp³-hybridized carbons (Fsp3) is 0.417. The number of sulfonamides is 1. The molecule has 1 fully saturated rings. The topological polar surface area (TPSA) is 63.7 Å². The Labute approximate surface area is 106 Å². The molecule has 0 spiro atoms. The molecule has 0 unspecified atom stereocenters. The molecule has 1 aliphatic heterocycles. The number of rotatable bonds is 3. The Morgan fingerprint density at radius 2 is 1.94 bits per heavy atom. The summed E-state index contributed by atoms with van der Waals surface area (Å²) in [5.74, 6) is -0.0831. The van der Waals surface area contributed by atoms with Gasteiger partial charge in [-0.05, 0) is 25.5 Å². The SMILES string of the molecule is CC(=O)c1ccc(S(=O)(=O)N2CCCOC2)cc1. The van der Waals surface area contributed by atoms with Crippen LogP contribution in [0.1, 0.15) is 23.7 Å². The van der Waals surface area contributed by atoms with Crippen LogP contribution >= 0.6 is 0 Å². The van der Waals surface area contributed by atoms with Gasteiger partial charge in [0.05, 0.1) is 4.90 Å². The normalized spacial score (nSPS) is 17.6. The van der Waals surface area contributed by atoms with Gasteiger partial charge in [-0.3, -0.25) is 4.79 Å². The number of carbonyl (C=O) groups excluding carboxylic acids is 1. The summed E-state index contributed by atoms with van der Waals surface area (Å²) in [6.07, 6.45) is 0.699. The van der Waals surface area contributed by atoms with Crippen molar-refractivity contribution >= 4 is 15.8 Å². The molecule has 0 saturated carbocycles. The molecule has 2 rings (SSSR count). The molecular weight excluding hydrogens is 254 g/mol. The predicted molar refractivity (Wildman–Crippen MR) is 65.8 cm³/mol. The molecule has 5 nitrogen and oxygen atoms in total. The van der Waals surface area contributed by atoms with Gasteiger partial charge in [0, 0.05) is 18.7 Å². The molecule has 6 heteroatoms. The van der Waals surface area contributed by atoms with E-state index in [1.807, 2.05) is 0 Å². The number of nitrogens with zero attached hydrogens (tertiary/aromatic N) is 1. The maximum atomic E-state index is 12.2. The summed E-state index contributed by atoms with van der Waals surface area (Å²) in [5, 5.41) is 0. The Bertz CT molecular complexity index is 530. The van der Waals surface area contributed by atoms with Gasteiger partial charge in [-0.15, -0.1) is 0 Å². The first-order chi connectivity index (χ1) is 8.51. The molecule has 1 aromatic carbocycles. The molecule has 98 valence electrons. The average Bonchev–Trinajstić information content (AvgIpc) is 2.40. The zero-order chi connectivity index (χ0) is 13.2. The van der Waals surface area contributed by atoms with E-state index in [0.717, 1.165) is 0 Å². The van der Waals surface area contributed by atoms with Crippen LogP contribution in [0.3, 0.4) is 0 Å². The van der Waals surface area contributed by atoms with Crippen molar-refractivity contribution in [3.63, 3.8) is 0 Å². The standard InChI is InChI=1S/C12H15NO4S/c1-10(14)11-3-5-12(6-4-11)18(15,16)13-7-2-8-17-9-13/h3-6H,2,7-9H2,1H3. The first-order valence-electron chi connectivity index (χ1n) is 5.71. The third-order valence-electron chi connectivity index (χ3n) is 2.83. The zero-order valence-corrected chi connectivity index (χ0v) is 10.9. The van der Waals surface area contributed by atoms with Gasteiger partial charge in [0.25, 0.3) is 0 Å². The highest BCUT2D eigenvalue weighted by molar-refractivity contribution is 7.89. The lowest BCUT2D eigenvalue weighted by Gasteiger charge is -2.25. The number of ether oxygens (including phenoxy) is 1. The van der Waals surface area contributed by atoms with E-state index in [9.17, 15) is 13.2 Å². The van der Waals surface area contributed by atoms with Gasteiger partial charge in [0.15, 0.2) is 5.78 Å². The van der Waals surface area contributed by atoms with E-state index in [4.69, 9.17) is 4.74 Å². The second kappa shape index (κ2) is 5.17. The van der Waals surface area contributed by atoms with Crippen LogP contribution in [0.2, 0.25) is 0 Å². The molecular formula is C12H15NO4S. The molecule has 0 bridgehead atoms. The van der Waals surface area contributed by atoms with E-state index in [1.54, 1.807) is 0 Å². The van der Waals surface area contributed by atoms with Crippen LogP contribution in [0.4, 0.5) is 0 Å². The Balaban J connectivity index is 2.26. The van der Waals surface area contributed by atoms with E-state index in [-0.39, 0.29) is 17.4 Å². The van der Waals surface area contributed by atoms with Crippen molar-refractivity contribution in [3.05, 3.63) is 29.8 Å². The lowest BCUT2D eigenvalue weighted by molar-refractivity contribution is 0.0313. The Hall–Kier alpha value is -1.24. The predicted octanol–water partition coefficient (Wildman–Crippen LogP) is 1.26. The second-order valence-corrected chi connectivity index (χ2v) is 6.09. The third-order valence-corrected chi connectivity index (χ3v) is 4.67. The lowest BCUT2D eigenvalue weighted by atomic mass is 10.2. The minimum absolute atomic E-state index is 0.0831. The van der Waals surface area contributed by atoms with Crippen molar-refractivity contribution in [3.8, 4) is 0 Å². The highest BCUT2D eigenvalue weighted by Crippen LogP contribution is 2.18. The molecule has 0 atom stereocenters. The monoisotopic (exact) mass is 269 g/mol. The summed E-state index contributed by atoms with van der Waals surface area (Å²) >= 11 is 0. The van der Waals surface area contributed by atoms with Gasteiger partial charge >= 0.3 is 0 Å². The molecule has 1 aromatic rings. The number of carbonyl (C=O) groups is 1. The zero-order valence-electron chi connectivity index (χ0n) is 10.1. The molecule has 0 aliphatic carbocycles. The average molecular weight is 269 g/mol. The van der Waals surface area contributed by atoms with Crippen molar-refractivity contribution in [1.29, 1.82) is 0 Å². The Morgan fingerprint density at radius 3 is 2.44 bits per heavy atom. The van der Waals surface area contributed by atoms with Crippen LogP contribution in [0.15, 0.2) is 29.2 Å². The second-order valence-electron chi connectivity index (χ2n) is 4.15. The van der Waals surface area contributed by atoms with E-state index in [1.165, 1.54) is 35.5 Å². The first-order valence-corrected chi connectivity index (χ1v) is 7.15. The summed E-state index contributed by atoms with van der Waals surface area (Å²) in [7, 11) is -3.51. The van der Waals surface area contributed by atoms with Crippen LogP contribution in [-0.2, 0) is 14.8 Å². The van der Waals surface area contributed by atoms with Crippen molar-refractivity contribution in [1.82, 2.24) is 4.31 Å². The molecule has 1 heterocycles. The molecule has 0 aromatic heterocycles. The van der Waals surface area contributed by atoms with Gasteiger partial charge < -0.3 is 4.74 Å². The molecule has 18 heavy (non-hydrogen) atoms. The number of benzene rings is 1. The quantitative estimate of drug-likeness (QED) is 0.775. The minimum Gasteiger partial charge on any atom is -0.365 e. The minimum atomic E-state index is -3.51. The van der Waals surface area contributed by atoms with E-state index < -0.39 is 10.0 Å². The third kappa shape index (κ3) is 2.60. The molecule has 0 radical (unpaired) electrons. The number of hydrogen-bond acceptors (Lipinski definition) is 4. The Morgan fingerprint density at radius 1 is 1.28 bits per heavy atom. The summed E-state index contributed by atoms with van der Waals surface area (Å²) in [5.41, 5.74) is 0.504. The fourth-order valence-electron chi connectivity index (χ4n) is 1.77. The summed E-state index contributed by atoms with van der Waals surface area (Å²) in [6.45, 7) is 2.60. The molecule has 0 amide bonds. The van der Waals surface area contributed by atoms with Crippen LogP contribution in [0, 0.1) is 0 Å². The van der Waals surface area contributed by atoms with E-state index in [2.05, 4.69) is 0 Å². The highest BCUT2D eigenvalue weighted by Gasteiger charge is 2.26. The lowest BCUT2D eigenvalue weighted by Crippen LogP contribution is -2.38. The van der Waals surface area contributed by atoms with Crippen LogP contribution in [-0.4, -0.2) is 38.4 Å². The van der Waals surface area contributed by atoms with Crippen LogP contribution in [0.25, 0.3) is 0 Å². The molecule has 1 saturated heterocycles. The fourth-order valence-corrected chi connectivity index (χ4v) is 3.14. The van der Waals surface area contributed by atoms with Crippen molar-refractivity contribution in [2.24, 2.45) is 0 Å². The maximum Gasteiger partial charge on any atom is 0.245 e. The van der Waals surface area contributed by atoms with Gasteiger partial charge in [0.2, 0.25) is 10.0 Å². The van der Waals surface area contributed by atoms with Gasteiger partial charge in [-0.2, -0.15) is 4.31 Å². The van der Waals surface area contributed by atoms with Gasteiger partial charge in [-0.25, -0.2) is 8.42 Å². The number of Topliss-reactive ketones (excluding diaryl/α,β-unsaturated/α-hetero) is 1. The van der Waals surface area contributed by atoms with Crippen molar-refractivity contribution in [2.75, 3.05) is 19.9 Å². The maximum absolute atomic E-state index is 12.2. The Kier molecular flexibility index (Phi) is 3.79. The van der Waals surface area contributed by atoms with Crippen molar-refractivity contribution < 1.29 is 17.9 Å². The van der Waals surface area contributed by atoms with Crippen LogP contribution in [0.5, 0.6) is 0 Å². The van der Waals surface area contributed by atoms with Crippen molar-refractivity contribution in [2.45, 2.75) is 18.2 Å². The summed E-state index contributed by atoms with van der Waals surface area (Å²) < 4.78 is 30.9. The van der Waals surface area contributed by atoms with E-state index >= 15 is 0 Å². The van der Waals surface area contributed by atoms with Crippen LogP contribution < -0.4 is 0 Å². The molecule has 0 N–H and O–H groups in total. The summed E-state index contributed by atoms with van der Waals surface area (Å²) in [4.78, 5) is 11.3. The largest absolute Gasteiger partial charge is 0.365 e. The smallest absolute Gasteiger partial charge is 0.245 e. The van der Waals surface area contributed by atoms with E-state index in [0.29, 0.717) is 25.1 Å². The number of hydrogen-bond donors (Lipinski definition) is 0. The first kappa shape index (κ1) is 13.2. The highest BCUT2D eigenvalue weighted by atomic mass is 32.2. The van der Waals surface area contributed by atoms with Gasteiger partial charge in [0.1, 0.15) is 6.73 Å². The number of ketones is 1. The molecule has 1 aliphatic rings. The summed E-state index contributed by atoms with van der Waals surface area (Å²) in [6, 6.07) is 5.97. The van der Waals surface area contributed by atoms with Gasteiger partial charge in [-0.1, -0.05) is 12.1 Å².